The highest BCUT2D eigenvalue weighted by molar-refractivity contribution is 6.74. The van der Waals surface area contributed by atoms with Crippen LogP contribution in [0.3, 0.4) is 0 Å². The molecule has 1 N–H and O–H groups in total. The average molecular weight is 364 g/mol. The Hall–Kier alpha value is -1.59. The molecule has 0 saturated heterocycles. The second-order valence-electron chi connectivity index (χ2n) is 7.81. The van der Waals surface area contributed by atoms with Crippen LogP contribution in [-0.4, -0.2) is 34.2 Å². The summed E-state index contributed by atoms with van der Waals surface area (Å²) < 4.78 is 11.0. The van der Waals surface area contributed by atoms with Crippen molar-refractivity contribution in [2.24, 2.45) is 0 Å². The Morgan fingerprint density at radius 2 is 1.92 bits per heavy atom. The highest BCUT2D eigenvalue weighted by atomic mass is 28.4. The minimum atomic E-state index is -1.77. The summed E-state index contributed by atoms with van der Waals surface area (Å²) in [6.45, 7) is 13.9. The van der Waals surface area contributed by atoms with Crippen molar-refractivity contribution < 1.29 is 14.0 Å². The molecular formula is C20H33NO3Si. The minimum Gasteiger partial charge on any atom is -0.453 e. The lowest BCUT2D eigenvalue weighted by Gasteiger charge is -2.37. The normalized spacial score (nSPS) is 13.7. The Labute approximate surface area is 153 Å². The molecule has 0 radical (unpaired) electrons. The number of benzene rings is 1. The molecule has 0 aromatic heterocycles. The van der Waals surface area contributed by atoms with Gasteiger partial charge in [0.2, 0.25) is 0 Å². The van der Waals surface area contributed by atoms with Crippen LogP contribution in [0.2, 0.25) is 18.1 Å². The number of hydrogen-bond donors (Lipinski definition) is 1. The van der Waals surface area contributed by atoms with Crippen LogP contribution in [0.5, 0.6) is 0 Å². The minimum absolute atomic E-state index is 0.0714. The fourth-order valence-electron chi connectivity index (χ4n) is 2.22. The summed E-state index contributed by atoms with van der Waals surface area (Å²) in [5.74, 6) is 0. The van der Waals surface area contributed by atoms with Crippen LogP contribution < -0.4 is 5.32 Å². The number of methoxy groups -OCH3 is 1. The van der Waals surface area contributed by atoms with Crippen LogP contribution in [0.25, 0.3) is 6.08 Å². The van der Waals surface area contributed by atoms with Crippen molar-refractivity contribution in [2.45, 2.75) is 58.4 Å². The Bertz CT molecular complexity index is 591. The molecule has 0 bridgehead atoms. The molecule has 1 rings (SSSR count). The molecule has 0 saturated carbocycles. The van der Waals surface area contributed by atoms with Gasteiger partial charge in [-0.1, -0.05) is 57.2 Å². The van der Waals surface area contributed by atoms with Gasteiger partial charge in [-0.3, -0.25) is 0 Å². The van der Waals surface area contributed by atoms with E-state index in [-0.39, 0.29) is 11.1 Å². The molecule has 140 valence electrons. The predicted molar refractivity (Wildman–Crippen MR) is 107 cm³/mol. The predicted octanol–water partition coefficient (Wildman–Crippen LogP) is 5.01. The molecule has 1 aromatic carbocycles. The van der Waals surface area contributed by atoms with Gasteiger partial charge in [-0.25, -0.2) is 4.79 Å². The Balaban J connectivity index is 2.72. The molecule has 1 atom stereocenters. The molecule has 25 heavy (non-hydrogen) atoms. The number of rotatable bonds is 7. The smallest absolute Gasteiger partial charge is 0.406 e. The van der Waals surface area contributed by atoms with E-state index in [4.69, 9.17) is 4.43 Å². The summed E-state index contributed by atoms with van der Waals surface area (Å²) >= 11 is 0. The van der Waals surface area contributed by atoms with E-state index >= 15 is 0 Å². The summed E-state index contributed by atoms with van der Waals surface area (Å²) in [4.78, 5) is 11.2. The van der Waals surface area contributed by atoms with E-state index in [1.165, 1.54) is 12.7 Å². The van der Waals surface area contributed by atoms with E-state index in [9.17, 15) is 4.79 Å². The summed E-state index contributed by atoms with van der Waals surface area (Å²) in [6.07, 6.45) is 4.66. The monoisotopic (exact) mass is 363 g/mol. The molecule has 0 heterocycles. The number of amides is 1. The third-order valence-electron chi connectivity index (χ3n) is 4.74. The number of ether oxygens (including phenoxy) is 1. The Morgan fingerprint density at radius 3 is 2.52 bits per heavy atom. The molecule has 0 unspecified atom stereocenters. The first-order valence-electron chi connectivity index (χ1n) is 8.82. The first-order chi connectivity index (χ1) is 11.6. The Morgan fingerprint density at radius 1 is 1.28 bits per heavy atom. The van der Waals surface area contributed by atoms with Gasteiger partial charge in [-0.05, 0) is 42.6 Å². The van der Waals surface area contributed by atoms with Crippen molar-refractivity contribution in [3.8, 4) is 0 Å². The Kier molecular flexibility index (Phi) is 7.89. The second kappa shape index (κ2) is 9.20. The van der Waals surface area contributed by atoms with E-state index < -0.39 is 14.4 Å². The van der Waals surface area contributed by atoms with Gasteiger partial charge in [-0.2, -0.15) is 0 Å². The quantitative estimate of drug-likeness (QED) is 0.693. The van der Waals surface area contributed by atoms with E-state index in [0.29, 0.717) is 6.54 Å². The topological polar surface area (TPSA) is 47.6 Å². The van der Waals surface area contributed by atoms with Crippen LogP contribution in [0.15, 0.2) is 30.3 Å². The molecule has 0 aliphatic heterocycles. The fraction of sp³-hybridized carbons (Fsp3) is 0.550. The summed E-state index contributed by atoms with van der Waals surface area (Å²) in [5, 5.41) is 2.92. The van der Waals surface area contributed by atoms with Crippen LogP contribution in [0.4, 0.5) is 4.79 Å². The van der Waals surface area contributed by atoms with Gasteiger partial charge < -0.3 is 14.5 Å². The number of alkyl carbamates (subject to hydrolysis) is 1. The van der Waals surface area contributed by atoms with Crippen LogP contribution in [-0.2, 0) is 15.6 Å². The van der Waals surface area contributed by atoms with Crippen LogP contribution in [0.1, 0.15) is 38.8 Å². The van der Waals surface area contributed by atoms with Gasteiger partial charge >= 0.3 is 6.09 Å². The first-order valence-corrected chi connectivity index (χ1v) is 11.7. The van der Waals surface area contributed by atoms with E-state index in [0.717, 1.165) is 12.0 Å². The zero-order valence-electron chi connectivity index (χ0n) is 16.7. The van der Waals surface area contributed by atoms with Gasteiger partial charge in [0.25, 0.3) is 0 Å². The number of nitrogens with one attached hydrogen (secondary N) is 1. The van der Waals surface area contributed by atoms with Crippen molar-refractivity contribution in [3.05, 3.63) is 41.5 Å². The van der Waals surface area contributed by atoms with Crippen molar-refractivity contribution >= 4 is 20.5 Å². The molecular weight excluding hydrogens is 330 g/mol. The lowest BCUT2D eigenvalue weighted by molar-refractivity contribution is 0.171. The average Bonchev–Trinajstić information content (AvgIpc) is 2.52. The number of hydrogen-bond acceptors (Lipinski definition) is 3. The SMILES string of the molecule is COC(=O)NCCc1ccccc1/C=C/[C@H](C)O[Si](C)(C)C(C)(C)C. The maximum atomic E-state index is 11.2. The highest BCUT2D eigenvalue weighted by Gasteiger charge is 2.37. The largest absolute Gasteiger partial charge is 0.453 e. The molecule has 0 spiro atoms. The molecule has 5 heteroatoms. The first kappa shape index (κ1) is 21.4. The van der Waals surface area contributed by atoms with Gasteiger partial charge in [0, 0.05) is 6.54 Å². The van der Waals surface area contributed by atoms with Crippen LogP contribution in [0, 0.1) is 0 Å². The van der Waals surface area contributed by atoms with Crippen molar-refractivity contribution in [1.82, 2.24) is 5.32 Å². The van der Waals surface area contributed by atoms with Crippen LogP contribution >= 0.6 is 0 Å². The second-order valence-corrected chi connectivity index (χ2v) is 12.6. The zero-order valence-corrected chi connectivity index (χ0v) is 17.7. The van der Waals surface area contributed by atoms with Crippen molar-refractivity contribution in [1.29, 1.82) is 0 Å². The number of carbonyl (C=O) groups excluding carboxylic acids is 1. The van der Waals surface area contributed by atoms with E-state index in [1.807, 2.05) is 12.1 Å². The standard InChI is InChI=1S/C20H33NO3Si/c1-16(24-25(6,7)20(2,3)4)12-13-17-10-8-9-11-18(17)14-15-21-19(22)23-5/h8-13,16H,14-15H2,1-7H3,(H,21,22)/b13-12+/t16-/m0/s1. The lowest BCUT2D eigenvalue weighted by atomic mass is 10.0. The van der Waals surface area contributed by atoms with Crippen molar-refractivity contribution in [2.75, 3.05) is 13.7 Å². The summed E-state index contributed by atoms with van der Waals surface area (Å²) in [7, 11) is -0.399. The molecule has 1 amide bonds. The van der Waals surface area contributed by atoms with Gasteiger partial charge in [0.15, 0.2) is 8.32 Å². The maximum Gasteiger partial charge on any atom is 0.406 e. The van der Waals surface area contributed by atoms with Gasteiger partial charge in [0.1, 0.15) is 0 Å². The van der Waals surface area contributed by atoms with E-state index in [2.05, 4.69) is 75.1 Å². The maximum absolute atomic E-state index is 11.2. The summed E-state index contributed by atoms with van der Waals surface area (Å²) in [5.41, 5.74) is 2.34. The fourth-order valence-corrected chi connectivity index (χ4v) is 3.58. The van der Waals surface area contributed by atoms with Crippen molar-refractivity contribution in [3.63, 3.8) is 0 Å². The van der Waals surface area contributed by atoms with Gasteiger partial charge in [0.05, 0.1) is 13.2 Å². The lowest BCUT2D eigenvalue weighted by Crippen LogP contribution is -2.42. The summed E-state index contributed by atoms with van der Waals surface area (Å²) in [6, 6.07) is 8.21. The zero-order chi connectivity index (χ0) is 19.1. The molecule has 0 fully saturated rings. The molecule has 1 aromatic rings. The molecule has 0 aliphatic carbocycles. The highest BCUT2D eigenvalue weighted by Crippen LogP contribution is 2.37. The number of carbonyl (C=O) groups is 1. The molecule has 0 aliphatic rings. The van der Waals surface area contributed by atoms with Gasteiger partial charge in [-0.15, -0.1) is 0 Å². The third kappa shape index (κ3) is 7.04. The third-order valence-corrected chi connectivity index (χ3v) is 9.31. The molecule has 4 nitrogen and oxygen atoms in total. The van der Waals surface area contributed by atoms with E-state index in [1.54, 1.807) is 0 Å².